The fourth-order valence-electron chi connectivity index (χ4n) is 1.83. The summed E-state index contributed by atoms with van der Waals surface area (Å²) in [4.78, 5) is 61.8. The predicted molar refractivity (Wildman–Crippen MR) is 243 cm³/mol. The second kappa shape index (κ2) is 70.8. The molecule has 0 heterocycles. The van der Waals surface area contributed by atoms with Gasteiger partial charge in [0, 0.05) is 23.3 Å². The van der Waals surface area contributed by atoms with Crippen molar-refractivity contribution < 1.29 is 180 Å². The number of hydrogen-bond donors (Lipinski definition) is 0. The van der Waals surface area contributed by atoms with Crippen molar-refractivity contribution in [3.8, 4) is 0 Å². The molecule has 19 nitrogen and oxygen atoms in total. The van der Waals surface area contributed by atoms with Crippen LogP contribution in [0, 0.1) is 0 Å². The van der Waals surface area contributed by atoms with Gasteiger partial charge in [0.15, 0.2) is 0 Å². The first-order chi connectivity index (χ1) is 29.4. The summed E-state index contributed by atoms with van der Waals surface area (Å²) in [6.45, 7) is 25.8. The van der Waals surface area contributed by atoms with Crippen LogP contribution < -0.4 is 86.1 Å². The molecule has 0 bridgehead atoms. The molecule has 71 heavy (non-hydrogen) atoms. The molecule has 0 unspecified atom stereocenters. The fourth-order valence-corrected chi connectivity index (χ4v) is 3.44. The van der Waals surface area contributed by atoms with Gasteiger partial charge in [-0.2, -0.15) is 0 Å². The average Bonchev–Trinajstić information content (AvgIpc) is 3.07. The van der Waals surface area contributed by atoms with E-state index in [1.165, 1.54) is 72.8 Å². The van der Waals surface area contributed by atoms with Gasteiger partial charge in [-0.3, -0.25) is 4.21 Å². The molecule has 3 rings (SSSR count). The SMILES string of the molecule is CC(C)[O-].CC(C)[O-].CC(C)[O-].CC(C)[O-].CC(C)[O-].CC(C)[O-].CC(C)[O-].CC(C)[O-].CS(C)=O.O=P([O-])([O-])c1ccccc1.O=P([O-])([O-])c1ccccc1.O=P([O-])([O-])c1ccccc1.[O-2].[Ti+4].[Ti+4].[Ti+4].[Ti+4]. The largest absolute Gasteiger partial charge is 4.00 e. The third-order valence-corrected chi connectivity index (χ3v) is 6.01. The molecule has 0 aromatic heterocycles. The van der Waals surface area contributed by atoms with E-state index in [0.717, 1.165) is 0 Å². The minimum absolute atomic E-state index is 0. The van der Waals surface area contributed by atoms with E-state index in [2.05, 4.69) is 0 Å². The van der Waals surface area contributed by atoms with Crippen LogP contribution >= 0.6 is 22.8 Å². The Kier molecular flexibility index (Phi) is 107. The summed E-state index contributed by atoms with van der Waals surface area (Å²) in [5.41, 5.74) is 0. The van der Waals surface area contributed by atoms with Crippen molar-refractivity contribution in [2.75, 3.05) is 12.5 Å². The summed E-state index contributed by atoms with van der Waals surface area (Å²) < 4.78 is 40.5. The Hall–Kier alpha value is 0.757. The van der Waals surface area contributed by atoms with Crippen LogP contribution in [0.4, 0.5) is 0 Å². The Balaban J connectivity index is -0.0000000425. The van der Waals surface area contributed by atoms with Crippen molar-refractivity contribution in [3.63, 3.8) is 0 Å². The summed E-state index contributed by atoms with van der Waals surface area (Å²) in [5.74, 6) is 0. The van der Waals surface area contributed by atoms with Crippen LogP contribution in [0.25, 0.3) is 0 Å². The smallest absolute Gasteiger partial charge is 2.00 e. The third kappa shape index (κ3) is 183. The van der Waals surface area contributed by atoms with Crippen molar-refractivity contribution >= 4 is 49.5 Å². The normalized spacial score (nSPS) is 9.37. The molecular weight excluding hydrogens is 1150 g/mol. The average molecular weight is 1230 g/mol. The van der Waals surface area contributed by atoms with Crippen LogP contribution in [0.1, 0.15) is 111 Å². The zero-order valence-corrected chi connectivity index (χ0v) is 54.0. The van der Waals surface area contributed by atoms with Gasteiger partial charge in [-0.05, 0) is 38.7 Å². The summed E-state index contributed by atoms with van der Waals surface area (Å²) in [6, 6.07) is 21.7. The van der Waals surface area contributed by atoms with Crippen LogP contribution in [-0.4, -0.2) is 65.6 Å². The second-order valence-corrected chi connectivity index (χ2v) is 20.6. The van der Waals surface area contributed by atoms with Gasteiger partial charge in [-0.1, -0.05) is 202 Å². The number of benzene rings is 3. The first kappa shape index (κ1) is 108. The Morgan fingerprint density at radius 3 is 0.423 bits per heavy atom. The van der Waals surface area contributed by atoms with E-state index < -0.39 is 82.4 Å². The Morgan fingerprint density at radius 2 is 0.380 bits per heavy atom. The molecule has 0 radical (unpaired) electrons. The summed E-state index contributed by atoms with van der Waals surface area (Å²) >= 11 is 0. The molecule has 27 heteroatoms. The zero-order valence-electron chi connectivity index (χ0n) is 44.3. The minimum Gasteiger partial charge on any atom is -2.00 e. The Bertz CT molecular complexity index is 1320. The van der Waals surface area contributed by atoms with E-state index in [4.69, 9.17) is 0 Å². The van der Waals surface area contributed by atoms with Crippen LogP contribution in [0.5, 0.6) is 0 Å². The van der Waals surface area contributed by atoms with Crippen LogP contribution in [0.2, 0.25) is 0 Å². The first-order valence-corrected chi connectivity index (χ1v) is 26.7. The van der Waals surface area contributed by atoms with Gasteiger partial charge >= 0.3 is 86.9 Å². The van der Waals surface area contributed by atoms with Crippen LogP contribution in [-0.2, 0) is 117 Å². The van der Waals surface area contributed by atoms with Gasteiger partial charge in [0.1, 0.15) is 0 Å². The molecule has 404 valence electrons. The molecular formula is C44H77O19P3STi4. The zero-order chi connectivity index (χ0) is 55.0. The predicted octanol–water partition coefficient (Wildman–Crippen LogP) is -4.42. The molecule has 0 aliphatic carbocycles. The molecule has 3 aromatic rings. The van der Waals surface area contributed by atoms with E-state index in [1.54, 1.807) is 141 Å². The van der Waals surface area contributed by atoms with Gasteiger partial charge in [0.2, 0.25) is 0 Å². The van der Waals surface area contributed by atoms with E-state index in [-0.39, 0.29) is 108 Å². The molecule has 0 spiro atoms. The molecule has 0 fully saturated rings. The summed E-state index contributed by atoms with van der Waals surface area (Å²) in [5, 5.41) is 75.8. The van der Waals surface area contributed by atoms with Crippen molar-refractivity contribution in [1.82, 2.24) is 0 Å². The van der Waals surface area contributed by atoms with Gasteiger partial charge in [-0.15, -0.1) is 48.8 Å². The first-order valence-electron chi connectivity index (χ1n) is 20.2. The monoisotopic (exact) mass is 1230 g/mol. The van der Waals surface area contributed by atoms with Gasteiger partial charge in [-0.25, -0.2) is 0 Å². The maximum absolute atomic E-state index is 10.3. The number of rotatable bonds is 3. The topological polar surface area (TPSA) is 420 Å². The van der Waals surface area contributed by atoms with Crippen LogP contribution in [0.3, 0.4) is 0 Å². The van der Waals surface area contributed by atoms with E-state index in [0.29, 0.717) is 0 Å². The van der Waals surface area contributed by atoms with Crippen molar-refractivity contribution in [3.05, 3.63) is 91.0 Å². The Morgan fingerprint density at radius 1 is 0.310 bits per heavy atom. The van der Waals surface area contributed by atoms with Gasteiger partial charge < -0.3 is 89.4 Å². The number of hydrogen-bond acceptors (Lipinski definition) is 18. The second-order valence-electron chi connectivity index (χ2n) is 14.6. The Labute approximate surface area is 488 Å². The maximum Gasteiger partial charge on any atom is 4.00 e. The quantitative estimate of drug-likeness (QED) is 0.176. The van der Waals surface area contributed by atoms with E-state index in [9.17, 15) is 88.1 Å². The molecule has 0 aliphatic rings. The van der Waals surface area contributed by atoms with E-state index >= 15 is 0 Å². The molecule has 0 saturated carbocycles. The van der Waals surface area contributed by atoms with Crippen molar-refractivity contribution in [2.24, 2.45) is 0 Å². The van der Waals surface area contributed by atoms with Gasteiger partial charge in [0.05, 0.1) is 0 Å². The van der Waals surface area contributed by atoms with E-state index in [1.807, 2.05) is 0 Å². The van der Waals surface area contributed by atoms with Gasteiger partial charge in [0.25, 0.3) is 0 Å². The van der Waals surface area contributed by atoms with Crippen molar-refractivity contribution in [2.45, 2.75) is 160 Å². The standard InChI is InChI=1S/3C6H7O3P.8C3H7O.C2H6OS.O.4Ti/c3*7-10(8,9)6-4-2-1-3-5-6;8*1-3(2)4;1-4(2)3;;;;;/h3*1-5H,(H2,7,8,9);8*3H,1-2H3;1-2H3;;;;;/q;;;8*-1;;-2;4*+4/p-6. The maximum atomic E-state index is 10.3. The third-order valence-electron chi connectivity index (χ3n) is 3.22. The molecule has 0 amide bonds. The summed E-state index contributed by atoms with van der Waals surface area (Å²) in [6.07, 6.45) is -0.0556. The molecule has 0 N–H and O–H groups in total. The molecule has 0 aliphatic heterocycles. The van der Waals surface area contributed by atoms with Crippen molar-refractivity contribution in [1.29, 1.82) is 0 Å². The minimum atomic E-state index is -4.52. The summed E-state index contributed by atoms with van der Waals surface area (Å²) in [7, 11) is -14.2. The fraction of sp³-hybridized carbons (Fsp3) is 0.591. The molecule has 3 aromatic carbocycles. The molecule has 0 atom stereocenters. The molecule has 0 saturated heterocycles. The van der Waals surface area contributed by atoms with Crippen LogP contribution in [0.15, 0.2) is 91.0 Å².